The summed E-state index contributed by atoms with van der Waals surface area (Å²) in [6, 6.07) is 5.52. The number of benzene rings is 1. The van der Waals surface area contributed by atoms with Crippen molar-refractivity contribution in [3.05, 3.63) is 36.3 Å². The minimum absolute atomic E-state index is 0.0386. The molecular weight excluding hydrogens is 355 g/mol. The number of hydrogen-bond donors (Lipinski definition) is 3. The highest BCUT2D eigenvalue weighted by atomic mass is 19.1. The molecule has 27 heavy (non-hydrogen) atoms. The van der Waals surface area contributed by atoms with E-state index in [0.717, 1.165) is 6.07 Å². The average Bonchev–Trinajstić information content (AvgIpc) is 2.56. The van der Waals surface area contributed by atoms with Crippen molar-refractivity contribution in [1.29, 1.82) is 0 Å². The van der Waals surface area contributed by atoms with Crippen molar-refractivity contribution in [2.75, 3.05) is 22.5 Å². The molecule has 9 heteroatoms. The van der Waals surface area contributed by atoms with Crippen LogP contribution >= 0.6 is 0 Å². The maximum absolute atomic E-state index is 14.3. The summed E-state index contributed by atoms with van der Waals surface area (Å²) in [7, 11) is 0. The van der Waals surface area contributed by atoms with Crippen molar-refractivity contribution >= 4 is 29.2 Å². The molecule has 0 saturated carbocycles. The van der Waals surface area contributed by atoms with Gasteiger partial charge in [-0.25, -0.2) is 14.2 Å². The van der Waals surface area contributed by atoms with Gasteiger partial charge >= 0.3 is 6.09 Å². The van der Waals surface area contributed by atoms with Crippen LogP contribution < -0.4 is 20.7 Å². The molecular formula is C18H19FN4O4. The molecule has 1 aliphatic heterocycles. The van der Waals surface area contributed by atoms with Gasteiger partial charge in [-0.15, -0.1) is 0 Å². The van der Waals surface area contributed by atoms with Gasteiger partial charge in [-0.1, -0.05) is 0 Å². The third-order valence-electron chi connectivity index (χ3n) is 3.40. The van der Waals surface area contributed by atoms with Crippen molar-refractivity contribution in [3.63, 3.8) is 0 Å². The lowest BCUT2D eigenvalue weighted by Crippen LogP contribution is -2.28. The van der Waals surface area contributed by atoms with Crippen LogP contribution in [0, 0.1) is 5.82 Å². The normalized spacial score (nSPS) is 13.1. The topological polar surface area (TPSA) is 102 Å². The number of aromatic nitrogens is 1. The molecule has 0 spiro atoms. The van der Waals surface area contributed by atoms with Crippen molar-refractivity contribution < 1.29 is 23.5 Å². The molecule has 0 unspecified atom stereocenters. The molecule has 2 amide bonds. The Morgan fingerprint density at radius 3 is 2.78 bits per heavy atom. The molecule has 0 fully saturated rings. The van der Waals surface area contributed by atoms with Crippen molar-refractivity contribution in [1.82, 2.24) is 4.98 Å². The summed E-state index contributed by atoms with van der Waals surface area (Å²) in [6.45, 7) is 5.25. The number of amides is 2. The molecule has 2 heterocycles. The fourth-order valence-corrected chi connectivity index (χ4v) is 2.33. The maximum Gasteiger partial charge on any atom is 0.412 e. The van der Waals surface area contributed by atoms with Crippen molar-refractivity contribution in [3.8, 4) is 11.5 Å². The lowest BCUT2D eigenvalue weighted by molar-refractivity contribution is -0.114. The van der Waals surface area contributed by atoms with E-state index in [1.54, 1.807) is 26.8 Å². The number of rotatable bonds is 3. The number of nitrogens with one attached hydrogen (secondary N) is 3. The second kappa shape index (κ2) is 7.10. The predicted octanol–water partition coefficient (Wildman–Crippen LogP) is 3.72. The van der Waals surface area contributed by atoms with Crippen LogP contribution in [-0.4, -0.2) is 29.1 Å². The van der Waals surface area contributed by atoms with E-state index in [2.05, 4.69) is 20.9 Å². The van der Waals surface area contributed by atoms with E-state index in [1.807, 2.05) is 0 Å². The minimum Gasteiger partial charge on any atom is -0.455 e. The van der Waals surface area contributed by atoms with Crippen LogP contribution in [-0.2, 0) is 9.53 Å². The van der Waals surface area contributed by atoms with Gasteiger partial charge < -0.3 is 20.1 Å². The monoisotopic (exact) mass is 374 g/mol. The lowest BCUT2D eigenvalue weighted by Gasteiger charge is -2.21. The fourth-order valence-electron chi connectivity index (χ4n) is 2.33. The van der Waals surface area contributed by atoms with Crippen LogP contribution in [0.25, 0.3) is 0 Å². The van der Waals surface area contributed by atoms with Gasteiger partial charge in [0.25, 0.3) is 0 Å². The second-order valence-electron chi connectivity index (χ2n) is 6.81. The molecule has 8 nitrogen and oxygen atoms in total. The SMILES string of the molecule is CC(C)(C)OC(=O)Nc1ccc(Oc2ccnc3c2NC(=O)CN3)cc1F. The Morgan fingerprint density at radius 2 is 2.07 bits per heavy atom. The molecule has 3 rings (SSSR count). The number of carbonyl (C=O) groups excluding carboxylic acids is 2. The molecule has 1 aromatic carbocycles. The number of carbonyl (C=O) groups is 2. The number of hydrogen-bond acceptors (Lipinski definition) is 6. The van der Waals surface area contributed by atoms with E-state index in [4.69, 9.17) is 9.47 Å². The van der Waals surface area contributed by atoms with Crippen LogP contribution in [0.4, 0.5) is 26.4 Å². The molecule has 2 aromatic rings. The summed E-state index contributed by atoms with van der Waals surface area (Å²) in [5.41, 5.74) is -0.351. The van der Waals surface area contributed by atoms with E-state index >= 15 is 0 Å². The second-order valence-corrected chi connectivity index (χ2v) is 6.81. The van der Waals surface area contributed by atoms with Gasteiger partial charge in [0.2, 0.25) is 5.91 Å². The first-order valence-electron chi connectivity index (χ1n) is 8.21. The van der Waals surface area contributed by atoms with Crippen LogP contribution in [0.5, 0.6) is 11.5 Å². The molecule has 142 valence electrons. The van der Waals surface area contributed by atoms with E-state index < -0.39 is 17.5 Å². The van der Waals surface area contributed by atoms with E-state index in [9.17, 15) is 14.0 Å². The summed E-state index contributed by atoms with van der Waals surface area (Å²) < 4.78 is 25.1. The van der Waals surface area contributed by atoms with Gasteiger partial charge in [-0.3, -0.25) is 10.1 Å². The average molecular weight is 374 g/mol. The van der Waals surface area contributed by atoms with Crippen molar-refractivity contribution in [2.24, 2.45) is 0 Å². The zero-order valence-electron chi connectivity index (χ0n) is 15.1. The van der Waals surface area contributed by atoms with Gasteiger partial charge in [0.1, 0.15) is 17.0 Å². The molecule has 0 atom stereocenters. The Bertz CT molecular complexity index is 895. The van der Waals surface area contributed by atoms with Gasteiger partial charge in [0, 0.05) is 18.3 Å². The van der Waals surface area contributed by atoms with Crippen LogP contribution in [0.2, 0.25) is 0 Å². The molecule has 0 aliphatic carbocycles. The first-order valence-corrected chi connectivity index (χ1v) is 8.21. The Balaban J connectivity index is 1.75. The number of anilines is 3. The highest BCUT2D eigenvalue weighted by molar-refractivity contribution is 6.01. The van der Waals surface area contributed by atoms with Gasteiger partial charge in [-0.05, 0) is 32.9 Å². The quantitative estimate of drug-likeness (QED) is 0.757. The maximum atomic E-state index is 14.3. The van der Waals surface area contributed by atoms with Crippen LogP contribution in [0.15, 0.2) is 30.5 Å². The Labute approximate surface area is 155 Å². The van der Waals surface area contributed by atoms with E-state index in [-0.39, 0.29) is 23.9 Å². The van der Waals surface area contributed by atoms with Gasteiger partial charge in [-0.2, -0.15) is 0 Å². The highest BCUT2D eigenvalue weighted by Crippen LogP contribution is 2.36. The Kier molecular flexibility index (Phi) is 4.85. The number of ether oxygens (including phenoxy) is 2. The molecule has 1 aliphatic rings. The molecule has 0 radical (unpaired) electrons. The zero-order chi connectivity index (χ0) is 19.6. The number of nitrogens with zero attached hydrogens (tertiary/aromatic N) is 1. The highest BCUT2D eigenvalue weighted by Gasteiger charge is 2.21. The lowest BCUT2D eigenvalue weighted by atomic mass is 10.2. The van der Waals surface area contributed by atoms with Crippen LogP contribution in [0.1, 0.15) is 20.8 Å². The van der Waals surface area contributed by atoms with E-state index in [0.29, 0.717) is 17.3 Å². The Morgan fingerprint density at radius 1 is 1.30 bits per heavy atom. The molecule has 1 aromatic heterocycles. The number of pyridine rings is 1. The van der Waals surface area contributed by atoms with E-state index in [1.165, 1.54) is 18.3 Å². The van der Waals surface area contributed by atoms with Crippen molar-refractivity contribution in [2.45, 2.75) is 26.4 Å². The zero-order valence-corrected chi connectivity index (χ0v) is 15.1. The minimum atomic E-state index is -0.757. The third kappa shape index (κ3) is 4.63. The first-order chi connectivity index (χ1) is 12.7. The Hall–Kier alpha value is -3.36. The van der Waals surface area contributed by atoms with Crippen LogP contribution in [0.3, 0.4) is 0 Å². The molecule has 0 bridgehead atoms. The first kappa shape index (κ1) is 18.4. The molecule has 0 saturated heterocycles. The number of fused-ring (bicyclic) bond motifs is 1. The summed E-state index contributed by atoms with van der Waals surface area (Å²) in [5.74, 6) is 0.0472. The largest absolute Gasteiger partial charge is 0.455 e. The standard InChI is InChI=1S/C18H19FN4O4/c1-18(2,3)27-17(25)22-12-5-4-10(8-11(12)19)26-13-6-7-20-16-15(13)23-14(24)9-21-16/h4-8H,9H2,1-3H3,(H,20,21)(H,22,25)(H,23,24). The summed E-state index contributed by atoms with van der Waals surface area (Å²) in [5, 5.41) is 7.87. The fraction of sp³-hybridized carbons (Fsp3) is 0.278. The molecule has 3 N–H and O–H groups in total. The van der Waals surface area contributed by atoms with Gasteiger partial charge in [0.05, 0.1) is 12.2 Å². The summed E-state index contributed by atoms with van der Waals surface area (Å²) in [4.78, 5) is 27.4. The smallest absolute Gasteiger partial charge is 0.412 e. The summed E-state index contributed by atoms with van der Waals surface area (Å²) >= 11 is 0. The number of halogens is 1. The third-order valence-corrected chi connectivity index (χ3v) is 3.40. The van der Waals surface area contributed by atoms with Gasteiger partial charge in [0.15, 0.2) is 17.4 Å². The summed E-state index contributed by atoms with van der Waals surface area (Å²) in [6.07, 6.45) is 0.750. The predicted molar refractivity (Wildman–Crippen MR) is 97.7 cm³/mol.